The van der Waals surface area contributed by atoms with Crippen molar-refractivity contribution >= 4 is 23.0 Å². The van der Waals surface area contributed by atoms with E-state index in [2.05, 4.69) is 26.8 Å². The third-order valence-corrected chi connectivity index (χ3v) is 2.78. The van der Waals surface area contributed by atoms with Crippen molar-refractivity contribution < 1.29 is 0 Å². The Hall–Kier alpha value is -3.11. The summed E-state index contributed by atoms with van der Waals surface area (Å²) in [5.74, 6) is 6.47. The summed E-state index contributed by atoms with van der Waals surface area (Å²) >= 11 is 0. The normalized spacial score (nSPS) is 10.2. The van der Waals surface area contributed by atoms with Crippen molar-refractivity contribution in [3.8, 4) is 6.07 Å². The predicted octanol–water partition coefficient (Wildman–Crippen LogP) is 1.63. The first kappa shape index (κ1) is 12.0. The monoisotopic (exact) mass is 265 g/mol. The molecule has 0 aliphatic carbocycles. The van der Waals surface area contributed by atoms with Gasteiger partial charge in [0, 0.05) is 18.1 Å². The fourth-order valence-corrected chi connectivity index (χ4v) is 1.89. The molecule has 3 aromatic rings. The molecule has 0 radical (unpaired) electrons. The lowest BCUT2D eigenvalue weighted by Gasteiger charge is -2.09. The van der Waals surface area contributed by atoms with Gasteiger partial charge in [0.25, 0.3) is 0 Å². The number of fused-ring (bicyclic) bond motifs is 1. The maximum absolute atomic E-state index is 8.91. The largest absolute Gasteiger partial charge is 0.337 e. The van der Waals surface area contributed by atoms with Gasteiger partial charge in [-0.3, -0.25) is 0 Å². The number of aromatic nitrogens is 3. The van der Waals surface area contributed by atoms with Crippen molar-refractivity contribution in [1.82, 2.24) is 14.4 Å². The average Bonchev–Trinajstić information content (AvgIpc) is 2.96. The number of nitrogens with zero attached hydrogens (tertiary/aromatic N) is 4. The average molecular weight is 265 g/mol. The van der Waals surface area contributed by atoms with Crippen molar-refractivity contribution in [1.29, 1.82) is 5.26 Å². The molecule has 0 fully saturated rings. The fourth-order valence-electron chi connectivity index (χ4n) is 1.89. The number of hydrazine groups is 1. The second kappa shape index (κ2) is 4.87. The van der Waals surface area contributed by atoms with Gasteiger partial charge >= 0.3 is 0 Å². The predicted molar refractivity (Wildman–Crippen MR) is 75.2 cm³/mol. The van der Waals surface area contributed by atoms with E-state index in [1.807, 2.05) is 6.07 Å². The quantitative estimate of drug-likeness (QED) is 0.491. The van der Waals surface area contributed by atoms with E-state index in [-0.39, 0.29) is 0 Å². The summed E-state index contributed by atoms with van der Waals surface area (Å²) < 4.78 is 1.80. The number of nitriles is 1. The van der Waals surface area contributed by atoms with Crippen molar-refractivity contribution in [3.05, 3.63) is 48.4 Å². The Morgan fingerprint density at radius 1 is 1.35 bits per heavy atom. The topological polar surface area (TPSA) is 104 Å². The molecular weight excluding hydrogens is 254 g/mol. The summed E-state index contributed by atoms with van der Waals surface area (Å²) in [6, 6.07) is 9.22. The summed E-state index contributed by atoms with van der Waals surface area (Å²) in [6.07, 6.45) is 5.21. The molecule has 20 heavy (non-hydrogen) atoms. The molecule has 0 saturated carbocycles. The number of nitrogens with two attached hydrogens (primary N) is 1. The molecule has 2 heterocycles. The highest BCUT2D eigenvalue weighted by Gasteiger charge is 2.07. The van der Waals surface area contributed by atoms with Crippen LogP contribution in [0.2, 0.25) is 0 Å². The molecule has 0 bridgehead atoms. The minimum atomic E-state index is 0.509. The number of hydrogen-bond donors (Lipinski definition) is 3. The van der Waals surface area contributed by atoms with Crippen LogP contribution in [0.3, 0.4) is 0 Å². The van der Waals surface area contributed by atoms with Crippen LogP contribution in [-0.4, -0.2) is 14.4 Å². The van der Waals surface area contributed by atoms with E-state index in [1.54, 1.807) is 41.2 Å². The smallest absolute Gasteiger partial charge is 0.180 e. The van der Waals surface area contributed by atoms with Gasteiger partial charge in [0.15, 0.2) is 17.3 Å². The summed E-state index contributed by atoms with van der Waals surface area (Å²) in [5.41, 5.74) is 4.51. The summed E-state index contributed by atoms with van der Waals surface area (Å²) in [6.45, 7) is 0. The summed E-state index contributed by atoms with van der Waals surface area (Å²) in [4.78, 5) is 8.57. The Morgan fingerprint density at radius 3 is 3.05 bits per heavy atom. The van der Waals surface area contributed by atoms with Gasteiger partial charge < -0.3 is 15.1 Å². The summed E-state index contributed by atoms with van der Waals surface area (Å²) in [5, 5.41) is 12.1. The molecule has 0 amide bonds. The Labute approximate surface area is 114 Å². The van der Waals surface area contributed by atoms with Crippen LogP contribution in [0.1, 0.15) is 5.56 Å². The molecule has 7 nitrogen and oxygen atoms in total. The standard InChI is InChI=1S/C13H11N7/c14-7-9-2-1-3-10(6-9)17-12-13-16-4-5-20(13)8-11(18-12)19-15/h1-6,8,19H,15H2,(H,17,18). The molecule has 0 saturated heterocycles. The molecule has 3 rings (SSSR count). The van der Waals surface area contributed by atoms with Crippen molar-refractivity contribution in [2.24, 2.45) is 5.84 Å². The van der Waals surface area contributed by atoms with Crippen LogP contribution in [0, 0.1) is 11.3 Å². The van der Waals surface area contributed by atoms with Gasteiger partial charge in [0.05, 0.1) is 17.8 Å². The number of imidazole rings is 1. The van der Waals surface area contributed by atoms with Gasteiger partial charge in [-0.2, -0.15) is 5.26 Å². The van der Waals surface area contributed by atoms with E-state index in [0.29, 0.717) is 22.8 Å². The van der Waals surface area contributed by atoms with Crippen LogP contribution < -0.4 is 16.6 Å². The lowest BCUT2D eigenvalue weighted by Crippen LogP contribution is -2.11. The maximum Gasteiger partial charge on any atom is 0.180 e. The second-order valence-corrected chi connectivity index (χ2v) is 4.09. The first-order valence-corrected chi connectivity index (χ1v) is 5.87. The van der Waals surface area contributed by atoms with Gasteiger partial charge in [0.1, 0.15) is 0 Å². The summed E-state index contributed by atoms with van der Waals surface area (Å²) in [7, 11) is 0. The number of hydrogen-bond acceptors (Lipinski definition) is 6. The Morgan fingerprint density at radius 2 is 2.25 bits per heavy atom. The van der Waals surface area contributed by atoms with Gasteiger partial charge in [0.2, 0.25) is 0 Å². The van der Waals surface area contributed by atoms with E-state index in [0.717, 1.165) is 5.69 Å². The van der Waals surface area contributed by atoms with Crippen LogP contribution in [0.5, 0.6) is 0 Å². The highest BCUT2D eigenvalue weighted by Crippen LogP contribution is 2.21. The molecule has 0 aliphatic rings. The molecule has 1 aromatic carbocycles. The first-order valence-electron chi connectivity index (χ1n) is 5.87. The molecule has 0 aliphatic heterocycles. The van der Waals surface area contributed by atoms with Crippen LogP contribution in [0.15, 0.2) is 42.9 Å². The highest BCUT2D eigenvalue weighted by molar-refractivity contribution is 5.72. The lowest BCUT2D eigenvalue weighted by molar-refractivity contribution is 1.11. The third kappa shape index (κ3) is 2.11. The molecule has 7 heteroatoms. The van der Waals surface area contributed by atoms with E-state index >= 15 is 0 Å². The van der Waals surface area contributed by atoms with E-state index in [4.69, 9.17) is 11.1 Å². The third-order valence-electron chi connectivity index (χ3n) is 2.78. The van der Waals surface area contributed by atoms with Crippen LogP contribution in [0.4, 0.5) is 17.3 Å². The number of anilines is 3. The molecule has 0 atom stereocenters. The zero-order valence-corrected chi connectivity index (χ0v) is 10.4. The van der Waals surface area contributed by atoms with Crippen LogP contribution >= 0.6 is 0 Å². The van der Waals surface area contributed by atoms with E-state index in [9.17, 15) is 0 Å². The van der Waals surface area contributed by atoms with Crippen molar-refractivity contribution in [2.45, 2.75) is 0 Å². The second-order valence-electron chi connectivity index (χ2n) is 4.09. The zero-order chi connectivity index (χ0) is 13.9. The minimum Gasteiger partial charge on any atom is -0.337 e. The Kier molecular flexibility index (Phi) is 2.91. The lowest BCUT2D eigenvalue weighted by atomic mass is 10.2. The van der Waals surface area contributed by atoms with Gasteiger partial charge in [-0.15, -0.1) is 0 Å². The van der Waals surface area contributed by atoms with Gasteiger partial charge in [-0.1, -0.05) is 6.07 Å². The van der Waals surface area contributed by atoms with Crippen LogP contribution in [-0.2, 0) is 0 Å². The number of nitrogen functional groups attached to an aromatic ring is 1. The van der Waals surface area contributed by atoms with Gasteiger partial charge in [-0.25, -0.2) is 15.8 Å². The fraction of sp³-hybridized carbons (Fsp3) is 0. The highest BCUT2D eigenvalue weighted by atomic mass is 15.3. The Balaban J connectivity index is 2.05. The Bertz CT molecular complexity index is 800. The molecule has 2 aromatic heterocycles. The first-order chi connectivity index (χ1) is 9.80. The van der Waals surface area contributed by atoms with E-state index < -0.39 is 0 Å². The zero-order valence-electron chi connectivity index (χ0n) is 10.4. The molecule has 0 unspecified atom stereocenters. The molecule has 4 N–H and O–H groups in total. The van der Waals surface area contributed by atoms with Crippen LogP contribution in [0.25, 0.3) is 5.65 Å². The number of nitrogens with one attached hydrogen (secondary N) is 2. The molecule has 0 spiro atoms. The van der Waals surface area contributed by atoms with Crippen molar-refractivity contribution in [3.63, 3.8) is 0 Å². The SMILES string of the molecule is N#Cc1cccc(Nc2nc(NN)cn3ccnc23)c1. The number of benzene rings is 1. The number of rotatable bonds is 3. The van der Waals surface area contributed by atoms with Crippen molar-refractivity contribution in [2.75, 3.05) is 10.7 Å². The molecular formula is C13H11N7. The van der Waals surface area contributed by atoms with E-state index in [1.165, 1.54) is 0 Å². The minimum absolute atomic E-state index is 0.509. The van der Waals surface area contributed by atoms with Gasteiger partial charge in [-0.05, 0) is 18.2 Å². The maximum atomic E-state index is 8.91. The molecule has 98 valence electrons.